The number of aromatic hydroxyl groups is 1. The van der Waals surface area contributed by atoms with Gasteiger partial charge in [-0.2, -0.15) is 0 Å². The fourth-order valence-corrected chi connectivity index (χ4v) is 1.30. The number of carbonyl (C=O) groups is 3. The van der Waals surface area contributed by atoms with Gasteiger partial charge in [-0.15, -0.1) is 0 Å². The lowest BCUT2D eigenvalue weighted by molar-refractivity contribution is -0.138. The number of anilines is 1. The third-order valence-electron chi connectivity index (χ3n) is 2.15. The molecule has 0 bridgehead atoms. The molecule has 0 atom stereocenters. The second-order valence-corrected chi connectivity index (χ2v) is 3.77. The van der Waals surface area contributed by atoms with Gasteiger partial charge in [0.2, 0.25) is 11.8 Å². The summed E-state index contributed by atoms with van der Waals surface area (Å²) in [6.07, 6.45) is -0.168. The van der Waals surface area contributed by atoms with Crippen LogP contribution in [0, 0.1) is 0 Å². The Morgan fingerprint density at radius 1 is 1.11 bits per heavy atom. The molecule has 7 heteroatoms. The molecule has 2 amide bonds. The maximum Gasteiger partial charge on any atom is 0.322 e. The van der Waals surface area contributed by atoms with Crippen LogP contribution in [0.5, 0.6) is 5.75 Å². The molecule has 0 aliphatic rings. The quantitative estimate of drug-likeness (QED) is 0.591. The molecule has 0 aliphatic heterocycles. The maximum absolute atomic E-state index is 11.5. The van der Waals surface area contributed by atoms with Crippen molar-refractivity contribution in [3.63, 3.8) is 0 Å². The van der Waals surface area contributed by atoms with Gasteiger partial charge < -0.3 is 20.8 Å². The lowest BCUT2D eigenvalue weighted by Crippen LogP contribution is -2.29. The van der Waals surface area contributed by atoms with Crippen LogP contribution >= 0.6 is 0 Å². The second-order valence-electron chi connectivity index (χ2n) is 3.77. The first kappa shape index (κ1) is 14.5. The van der Waals surface area contributed by atoms with Crippen LogP contribution in [-0.4, -0.2) is 34.5 Å². The highest BCUT2D eigenvalue weighted by Crippen LogP contribution is 2.15. The number of hydrogen-bond acceptors (Lipinski definition) is 4. The Kier molecular flexibility index (Phi) is 5.34. The first-order valence-corrected chi connectivity index (χ1v) is 5.55. The monoisotopic (exact) mass is 266 g/mol. The lowest BCUT2D eigenvalue weighted by atomic mass is 10.2. The van der Waals surface area contributed by atoms with Gasteiger partial charge in [-0.05, 0) is 12.1 Å². The molecular formula is C12H14N2O5. The minimum Gasteiger partial charge on any atom is -0.508 e. The number of carboxylic acids is 1. The van der Waals surface area contributed by atoms with Crippen LogP contribution in [0.4, 0.5) is 5.69 Å². The number of aliphatic carboxylic acids is 1. The van der Waals surface area contributed by atoms with Gasteiger partial charge in [-0.1, -0.05) is 6.07 Å². The molecule has 0 saturated carbocycles. The Labute approximate surface area is 109 Å². The first-order chi connectivity index (χ1) is 8.97. The van der Waals surface area contributed by atoms with Crippen LogP contribution in [0.1, 0.15) is 12.8 Å². The molecule has 0 saturated heterocycles. The SMILES string of the molecule is O=C(O)CNC(=O)CCC(=O)Nc1cccc(O)c1. The van der Waals surface area contributed by atoms with Crippen molar-refractivity contribution in [3.8, 4) is 5.75 Å². The van der Waals surface area contributed by atoms with E-state index in [1.54, 1.807) is 12.1 Å². The van der Waals surface area contributed by atoms with E-state index in [0.29, 0.717) is 5.69 Å². The summed E-state index contributed by atoms with van der Waals surface area (Å²) in [5.41, 5.74) is 0.427. The van der Waals surface area contributed by atoms with Crippen molar-refractivity contribution in [2.24, 2.45) is 0 Å². The summed E-state index contributed by atoms with van der Waals surface area (Å²) in [6, 6.07) is 6.02. The average molecular weight is 266 g/mol. The largest absolute Gasteiger partial charge is 0.508 e. The number of phenols is 1. The molecule has 102 valence electrons. The number of phenolic OH excluding ortho intramolecular Hbond substituents is 1. The average Bonchev–Trinajstić information content (AvgIpc) is 2.34. The topological polar surface area (TPSA) is 116 Å². The second kappa shape index (κ2) is 7.00. The van der Waals surface area contributed by atoms with Crippen molar-refractivity contribution in [1.29, 1.82) is 0 Å². The predicted octanol–water partition coefficient (Wildman–Crippen LogP) is 0.312. The van der Waals surface area contributed by atoms with E-state index in [9.17, 15) is 19.5 Å². The van der Waals surface area contributed by atoms with Gasteiger partial charge in [-0.3, -0.25) is 14.4 Å². The van der Waals surface area contributed by atoms with Crippen molar-refractivity contribution in [2.45, 2.75) is 12.8 Å². The van der Waals surface area contributed by atoms with E-state index in [4.69, 9.17) is 5.11 Å². The zero-order valence-corrected chi connectivity index (χ0v) is 10.0. The molecule has 0 unspecified atom stereocenters. The van der Waals surface area contributed by atoms with Gasteiger partial charge in [0, 0.05) is 24.6 Å². The first-order valence-electron chi connectivity index (χ1n) is 5.55. The summed E-state index contributed by atoms with van der Waals surface area (Å²) in [5.74, 6) is -2.01. The van der Waals surface area contributed by atoms with Crippen molar-refractivity contribution >= 4 is 23.5 Å². The summed E-state index contributed by atoms with van der Waals surface area (Å²) in [6.45, 7) is -0.465. The highest BCUT2D eigenvalue weighted by atomic mass is 16.4. The number of nitrogens with one attached hydrogen (secondary N) is 2. The van der Waals surface area contributed by atoms with Crippen LogP contribution in [0.25, 0.3) is 0 Å². The van der Waals surface area contributed by atoms with Crippen molar-refractivity contribution < 1.29 is 24.6 Å². The number of benzene rings is 1. The van der Waals surface area contributed by atoms with Gasteiger partial charge in [0.1, 0.15) is 12.3 Å². The molecule has 4 N–H and O–H groups in total. The fraction of sp³-hybridized carbons (Fsp3) is 0.250. The van der Waals surface area contributed by atoms with Crippen LogP contribution in [0.3, 0.4) is 0 Å². The van der Waals surface area contributed by atoms with E-state index in [1.165, 1.54) is 12.1 Å². The van der Waals surface area contributed by atoms with Gasteiger partial charge >= 0.3 is 5.97 Å². The number of carbonyl (C=O) groups excluding carboxylic acids is 2. The van der Waals surface area contributed by atoms with E-state index >= 15 is 0 Å². The molecular weight excluding hydrogens is 252 g/mol. The zero-order chi connectivity index (χ0) is 14.3. The molecule has 0 aromatic heterocycles. The molecule has 0 aliphatic carbocycles. The third kappa shape index (κ3) is 6.06. The van der Waals surface area contributed by atoms with E-state index in [-0.39, 0.29) is 18.6 Å². The van der Waals surface area contributed by atoms with Crippen LogP contribution < -0.4 is 10.6 Å². The maximum atomic E-state index is 11.5. The minimum absolute atomic E-state index is 0.0250. The molecule has 0 spiro atoms. The standard InChI is InChI=1S/C12H14N2O5/c15-9-3-1-2-8(6-9)14-11(17)5-4-10(16)13-7-12(18)19/h1-3,6,15H,4-5,7H2,(H,13,16)(H,14,17)(H,18,19). The van der Waals surface area contributed by atoms with E-state index in [1.807, 2.05) is 0 Å². The number of amides is 2. The third-order valence-corrected chi connectivity index (χ3v) is 2.15. The van der Waals surface area contributed by atoms with Crippen LogP contribution in [0.15, 0.2) is 24.3 Å². The number of hydrogen-bond donors (Lipinski definition) is 4. The Morgan fingerprint density at radius 3 is 2.42 bits per heavy atom. The van der Waals surface area contributed by atoms with Crippen molar-refractivity contribution in [1.82, 2.24) is 5.32 Å². The predicted molar refractivity (Wildman–Crippen MR) is 66.6 cm³/mol. The summed E-state index contributed by atoms with van der Waals surface area (Å²) >= 11 is 0. The number of carboxylic acid groups (broad SMARTS) is 1. The van der Waals surface area contributed by atoms with E-state index < -0.39 is 24.3 Å². The molecule has 0 radical (unpaired) electrons. The highest BCUT2D eigenvalue weighted by Gasteiger charge is 2.08. The highest BCUT2D eigenvalue weighted by molar-refractivity contribution is 5.93. The Morgan fingerprint density at radius 2 is 1.79 bits per heavy atom. The van der Waals surface area contributed by atoms with E-state index in [2.05, 4.69) is 10.6 Å². The van der Waals surface area contributed by atoms with Crippen LogP contribution in [0.2, 0.25) is 0 Å². The zero-order valence-electron chi connectivity index (χ0n) is 10.0. The van der Waals surface area contributed by atoms with Gasteiger partial charge in [-0.25, -0.2) is 0 Å². The van der Waals surface area contributed by atoms with Gasteiger partial charge in [0.15, 0.2) is 0 Å². The van der Waals surface area contributed by atoms with Gasteiger partial charge in [0.05, 0.1) is 0 Å². The minimum atomic E-state index is -1.14. The summed E-state index contributed by atoms with van der Waals surface area (Å²) < 4.78 is 0. The molecule has 0 fully saturated rings. The molecule has 7 nitrogen and oxygen atoms in total. The van der Waals surface area contributed by atoms with Crippen molar-refractivity contribution in [2.75, 3.05) is 11.9 Å². The normalized spacial score (nSPS) is 9.68. The fourth-order valence-electron chi connectivity index (χ4n) is 1.30. The van der Waals surface area contributed by atoms with Gasteiger partial charge in [0.25, 0.3) is 0 Å². The number of rotatable bonds is 6. The molecule has 19 heavy (non-hydrogen) atoms. The Bertz CT molecular complexity index is 487. The molecule has 0 heterocycles. The summed E-state index contributed by atoms with van der Waals surface area (Å²) in [7, 11) is 0. The van der Waals surface area contributed by atoms with Crippen molar-refractivity contribution in [3.05, 3.63) is 24.3 Å². The molecule has 1 rings (SSSR count). The summed E-state index contributed by atoms with van der Waals surface area (Å²) in [4.78, 5) is 32.8. The molecule has 1 aromatic carbocycles. The van der Waals surface area contributed by atoms with Crippen LogP contribution in [-0.2, 0) is 14.4 Å². The Balaban J connectivity index is 2.32. The lowest BCUT2D eigenvalue weighted by Gasteiger charge is -2.05. The molecule has 1 aromatic rings. The Hall–Kier alpha value is -2.57. The summed E-state index contributed by atoms with van der Waals surface area (Å²) in [5, 5.41) is 22.2. The van der Waals surface area contributed by atoms with E-state index in [0.717, 1.165) is 0 Å². The smallest absolute Gasteiger partial charge is 0.322 e.